The summed E-state index contributed by atoms with van der Waals surface area (Å²) in [6.07, 6.45) is 2.88. The summed E-state index contributed by atoms with van der Waals surface area (Å²) in [5.74, 6) is 2.44. The summed E-state index contributed by atoms with van der Waals surface area (Å²) in [6.45, 7) is 1.28. The van der Waals surface area contributed by atoms with Gasteiger partial charge in [-0.25, -0.2) is 0 Å². The fourth-order valence-corrected chi connectivity index (χ4v) is 3.55. The Hall–Kier alpha value is -3.68. The maximum Gasteiger partial charge on any atom is 0.135 e. The lowest BCUT2D eigenvalue weighted by Gasteiger charge is -2.08. The van der Waals surface area contributed by atoms with Crippen LogP contribution in [0.2, 0.25) is 0 Å². The Morgan fingerprint density at radius 1 is 0.667 bits per heavy atom. The van der Waals surface area contributed by atoms with Crippen molar-refractivity contribution in [3.63, 3.8) is 0 Å². The van der Waals surface area contributed by atoms with E-state index in [-0.39, 0.29) is 36.5 Å². The zero-order chi connectivity index (χ0) is 23.9. The lowest BCUT2D eigenvalue weighted by molar-refractivity contribution is 0.279. The molecule has 0 spiro atoms. The van der Waals surface area contributed by atoms with Crippen molar-refractivity contribution in [1.29, 1.82) is 10.8 Å². The quantitative estimate of drug-likeness (QED) is 0.105. The lowest BCUT2D eigenvalue weighted by Crippen LogP contribution is -2.10. The third-order valence-corrected chi connectivity index (χ3v) is 5.46. The molecule has 0 saturated carbocycles. The number of amidine groups is 2. The third kappa shape index (κ3) is 7.41. The van der Waals surface area contributed by atoms with Crippen molar-refractivity contribution < 1.29 is 13.9 Å². The molecule has 9 heteroatoms. The van der Waals surface area contributed by atoms with Crippen LogP contribution in [0.15, 0.2) is 77.2 Å². The van der Waals surface area contributed by atoms with E-state index in [9.17, 15) is 0 Å². The van der Waals surface area contributed by atoms with Crippen molar-refractivity contribution in [3.05, 3.63) is 83.9 Å². The molecule has 190 valence electrons. The number of fused-ring (bicyclic) bond motifs is 1. The first-order valence-electron chi connectivity index (χ1n) is 11.2. The Labute approximate surface area is 222 Å². The van der Waals surface area contributed by atoms with Crippen molar-refractivity contribution in [2.75, 3.05) is 13.2 Å². The molecule has 6 N–H and O–H groups in total. The van der Waals surface area contributed by atoms with E-state index < -0.39 is 0 Å². The predicted molar refractivity (Wildman–Crippen MR) is 149 cm³/mol. The number of unbranched alkanes of at least 4 members (excludes halogenated alkanes) is 2. The monoisotopic (exact) mass is 528 g/mol. The van der Waals surface area contributed by atoms with E-state index >= 15 is 0 Å². The summed E-state index contributed by atoms with van der Waals surface area (Å²) in [5.41, 5.74) is 14.0. The molecular weight excluding hydrogens is 499 g/mol. The smallest absolute Gasteiger partial charge is 0.135 e. The fourth-order valence-electron chi connectivity index (χ4n) is 3.55. The molecule has 4 rings (SSSR count). The number of nitrogens with two attached hydrogens (primary N) is 2. The molecule has 1 heterocycles. The van der Waals surface area contributed by atoms with E-state index in [1.807, 2.05) is 54.6 Å². The highest BCUT2D eigenvalue weighted by atomic mass is 35.5. The number of halogens is 2. The van der Waals surface area contributed by atoms with Crippen LogP contribution < -0.4 is 20.9 Å². The first-order chi connectivity index (χ1) is 16.5. The predicted octanol–water partition coefficient (Wildman–Crippen LogP) is 6.14. The fraction of sp³-hybridized carbons (Fsp3) is 0.185. The number of nitrogen functional groups attached to an aromatic ring is 2. The topological polar surface area (TPSA) is 131 Å². The maximum absolute atomic E-state index is 7.57. The van der Waals surface area contributed by atoms with Gasteiger partial charge in [-0.1, -0.05) is 12.1 Å². The van der Waals surface area contributed by atoms with Crippen LogP contribution in [0.3, 0.4) is 0 Å². The van der Waals surface area contributed by atoms with E-state index in [0.29, 0.717) is 29.9 Å². The van der Waals surface area contributed by atoms with Gasteiger partial charge in [0.25, 0.3) is 0 Å². The molecule has 1 aromatic heterocycles. The molecule has 0 saturated heterocycles. The van der Waals surface area contributed by atoms with Crippen LogP contribution in [0.25, 0.3) is 22.3 Å². The SMILES string of the molecule is Cl.Cl.N=C(N)c1ccc(OCCCCCOc2ccc(-c3cc4ccc(C(=N)N)cc4o3)cc2)cc1. The molecule has 36 heavy (non-hydrogen) atoms. The molecule has 0 aliphatic heterocycles. The van der Waals surface area contributed by atoms with Crippen molar-refractivity contribution in [1.82, 2.24) is 0 Å². The molecule has 0 bridgehead atoms. The Morgan fingerprint density at radius 3 is 1.75 bits per heavy atom. The van der Waals surface area contributed by atoms with Gasteiger partial charge < -0.3 is 25.4 Å². The molecule has 0 radical (unpaired) electrons. The summed E-state index contributed by atoms with van der Waals surface area (Å²) in [7, 11) is 0. The van der Waals surface area contributed by atoms with Gasteiger partial charge in [-0.05, 0) is 79.9 Å². The number of ether oxygens (including phenoxy) is 2. The highest BCUT2D eigenvalue weighted by Crippen LogP contribution is 2.29. The minimum atomic E-state index is 0. The number of benzene rings is 3. The van der Waals surface area contributed by atoms with E-state index in [2.05, 4.69) is 0 Å². The number of nitrogens with one attached hydrogen (secondary N) is 2. The molecule has 3 aromatic carbocycles. The van der Waals surface area contributed by atoms with Crippen LogP contribution in [0.5, 0.6) is 11.5 Å². The number of rotatable bonds is 11. The van der Waals surface area contributed by atoms with Crippen LogP contribution in [0, 0.1) is 10.8 Å². The minimum absolute atomic E-state index is 0. The average molecular weight is 529 g/mol. The Balaban J connectivity index is 0.00000228. The largest absolute Gasteiger partial charge is 0.494 e. The van der Waals surface area contributed by atoms with Crippen LogP contribution in [-0.2, 0) is 0 Å². The zero-order valence-corrected chi connectivity index (χ0v) is 21.3. The highest BCUT2D eigenvalue weighted by Gasteiger charge is 2.08. The molecule has 0 aliphatic carbocycles. The van der Waals surface area contributed by atoms with Crippen molar-refractivity contribution in [3.8, 4) is 22.8 Å². The van der Waals surface area contributed by atoms with E-state index in [4.69, 9.17) is 36.2 Å². The second-order valence-electron chi connectivity index (χ2n) is 8.00. The lowest BCUT2D eigenvalue weighted by atomic mass is 10.1. The number of hydrogen-bond acceptors (Lipinski definition) is 5. The van der Waals surface area contributed by atoms with Gasteiger partial charge in [0, 0.05) is 22.1 Å². The second-order valence-corrected chi connectivity index (χ2v) is 8.00. The van der Waals surface area contributed by atoms with Gasteiger partial charge in [0.15, 0.2) is 0 Å². The highest BCUT2D eigenvalue weighted by molar-refractivity contribution is 5.98. The van der Waals surface area contributed by atoms with Crippen LogP contribution in [-0.4, -0.2) is 24.9 Å². The summed E-state index contributed by atoms with van der Waals surface area (Å²) >= 11 is 0. The van der Waals surface area contributed by atoms with Crippen molar-refractivity contribution in [2.24, 2.45) is 11.5 Å². The van der Waals surface area contributed by atoms with E-state index in [1.54, 1.807) is 18.2 Å². The molecule has 7 nitrogen and oxygen atoms in total. The van der Waals surface area contributed by atoms with Crippen molar-refractivity contribution >= 4 is 47.5 Å². The van der Waals surface area contributed by atoms with Gasteiger partial charge in [-0.3, -0.25) is 10.8 Å². The van der Waals surface area contributed by atoms with Crippen LogP contribution >= 0.6 is 24.8 Å². The van der Waals surface area contributed by atoms with E-state index in [0.717, 1.165) is 47.5 Å². The Bertz CT molecular complexity index is 1290. The number of furan rings is 1. The van der Waals surface area contributed by atoms with Crippen LogP contribution in [0.4, 0.5) is 0 Å². The molecular formula is C27H30Cl2N4O3. The van der Waals surface area contributed by atoms with E-state index in [1.165, 1.54) is 0 Å². The summed E-state index contributed by atoms with van der Waals surface area (Å²) < 4.78 is 17.5. The standard InChI is InChI=1S/C27H28N4O3.2ClH/c28-26(29)19-8-12-23(13-9-19)33-15-3-1-2-14-32-22-10-6-18(7-11-22)24-16-20-4-5-21(27(30)31)17-25(20)34-24;;/h4-13,16-17H,1-3,14-15H2,(H3,28,29)(H3,30,31);2*1H. The van der Waals surface area contributed by atoms with Gasteiger partial charge in [-0.15, -0.1) is 24.8 Å². The average Bonchev–Trinajstić information content (AvgIpc) is 3.27. The first-order valence-corrected chi connectivity index (χ1v) is 11.2. The third-order valence-electron chi connectivity index (χ3n) is 5.46. The van der Waals surface area contributed by atoms with Gasteiger partial charge in [0.05, 0.1) is 13.2 Å². The molecule has 0 aliphatic rings. The van der Waals surface area contributed by atoms with Crippen LogP contribution in [0.1, 0.15) is 30.4 Å². The molecule has 0 amide bonds. The molecule has 4 aromatic rings. The van der Waals surface area contributed by atoms with Gasteiger partial charge >= 0.3 is 0 Å². The van der Waals surface area contributed by atoms with Gasteiger partial charge in [0.1, 0.15) is 34.5 Å². The Morgan fingerprint density at radius 2 is 1.19 bits per heavy atom. The number of hydrogen-bond donors (Lipinski definition) is 4. The second kappa shape index (κ2) is 13.4. The maximum atomic E-state index is 7.57. The summed E-state index contributed by atoms with van der Waals surface area (Å²) in [6, 6.07) is 22.6. The zero-order valence-electron chi connectivity index (χ0n) is 19.7. The molecule has 0 unspecified atom stereocenters. The molecule has 0 fully saturated rings. The van der Waals surface area contributed by atoms with Gasteiger partial charge in [-0.2, -0.15) is 0 Å². The normalized spacial score (nSPS) is 10.2. The summed E-state index contributed by atoms with van der Waals surface area (Å²) in [4.78, 5) is 0. The van der Waals surface area contributed by atoms with Gasteiger partial charge in [0.2, 0.25) is 0 Å². The summed E-state index contributed by atoms with van der Waals surface area (Å²) in [5, 5.41) is 15.9. The minimum Gasteiger partial charge on any atom is -0.494 e. The van der Waals surface area contributed by atoms with Crippen molar-refractivity contribution in [2.45, 2.75) is 19.3 Å². The Kier molecular flexibility index (Phi) is 10.6. The molecule has 0 atom stereocenters. The first kappa shape index (κ1) is 28.6.